The van der Waals surface area contributed by atoms with Gasteiger partial charge in [-0.2, -0.15) is 0 Å². The first-order chi connectivity index (χ1) is 18.1. The summed E-state index contributed by atoms with van der Waals surface area (Å²) in [7, 11) is 1.89. The Hall–Kier alpha value is -3.63. The predicted octanol–water partition coefficient (Wildman–Crippen LogP) is -1.06. The first-order valence-corrected chi connectivity index (χ1v) is 13.9. The highest BCUT2D eigenvalue weighted by Crippen LogP contribution is 2.41. The molecular formula is C22H22N6O7S3. The second kappa shape index (κ2) is 11.4. The lowest BCUT2D eigenvalue weighted by atomic mass is 10.0. The number of anilines is 1. The molecule has 4 N–H and O–H groups in total. The molecule has 0 saturated carbocycles. The third-order valence-corrected chi connectivity index (χ3v) is 8.63. The maximum absolute atomic E-state index is 13.1. The van der Waals surface area contributed by atoms with E-state index in [-0.39, 0.29) is 22.2 Å². The molecule has 16 heteroatoms. The van der Waals surface area contributed by atoms with Gasteiger partial charge in [0.2, 0.25) is 6.10 Å². The van der Waals surface area contributed by atoms with Gasteiger partial charge in [-0.3, -0.25) is 14.5 Å². The molecule has 3 atom stereocenters. The van der Waals surface area contributed by atoms with E-state index in [1.54, 1.807) is 0 Å². The van der Waals surface area contributed by atoms with E-state index in [9.17, 15) is 24.3 Å². The summed E-state index contributed by atoms with van der Waals surface area (Å²) < 4.78 is 1.88. The maximum atomic E-state index is 13.1. The number of carboxylic acid groups (broad SMARTS) is 2. The fourth-order valence-corrected chi connectivity index (χ4v) is 6.44. The van der Waals surface area contributed by atoms with Crippen molar-refractivity contribution in [1.29, 1.82) is 0 Å². The zero-order valence-corrected chi connectivity index (χ0v) is 22.5. The summed E-state index contributed by atoms with van der Waals surface area (Å²) in [5, 5.41) is 28.1. The number of nitrogens with one attached hydrogen (secondary N) is 1. The van der Waals surface area contributed by atoms with Crippen LogP contribution in [-0.2, 0) is 31.1 Å². The van der Waals surface area contributed by atoms with Crippen LogP contribution in [0.3, 0.4) is 0 Å². The number of amides is 2. The molecule has 0 unspecified atom stereocenters. The Morgan fingerprint density at radius 1 is 1.42 bits per heavy atom. The monoisotopic (exact) mass is 578 g/mol. The number of aryl methyl sites for hydroxylation is 1. The van der Waals surface area contributed by atoms with Crippen molar-refractivity contribution in [2.45, 2.75) is 29.3 Å². The van der Waals surface area contributed by atoms with E-state index in [1.165, 1.54) is 35.8 Å². The summed E-state index contributed by atoms with van der Waals surface area (Å²) >= 11 is 3.78. The van der Waals surface area contributed by atoms with Gasteiger partial charge in [-0.1, -0.05) is 5.16 Å². The average Bonchev–Trinajstić information content (AvgIpc) is 3.31. The molecule has 2 amide bonds. The molecule has 0 spiro atoms. The molecule has 13 nitrogen and oxygen atoms in total. The molecule has 2 aliphatic heterocycles. The number of rotatable bonds is 10. The van der Waals surface area contributed by atoms with Crippen LogP contribution in [0.2, 0.25) is 0 Å². The van der Waals surface area contributed by atoms with Gasteiger partial charge in [-0.15, -0.1) is 34.9 Å². The zero-order valence-electron chi connectivity index (χ0n) is 20.0. The third-order valence-electron chi connectivity index (χ3n) is 5.52. The standard InChI is InChI=1S/C22H22N6O7S3/c1-10(20(31)32)35-26-14(13-9-38-22(23)24-13)17(29)25-15-18(30)28-16(21(33)34)11(8-37-19(15)28)7-36-12-3-5-27(2)6-4-12/h3-6,9-10,15,19H,7-8H2,1-2H3,(H4-,23,24,25,29,31,32,33,34)/b26-14+/t10-,15-,19-/m0/s1. The van der Waals surface area contributed by atoms with E-state index >= 15 is 0 Å². The fourth-order valence-electron chi connectivity index (χ4n) is 3.52. The summed E-state index contributed by atoms with van der Waals surface area (Å²) in [6, 6.07) is 2.75. The van der Waals surface area contributed by atoms with Gasteiger partial charge in [-0.25, -0.2) is 14.3 Å². The number of thioether (sulfide) groups is 2. The van der Waals surface area contributed by atoms with E-state index in [2.05, 4.69) is 15.5 Å². The summed E-state index contributed by atoms with van der Waals surface area (Å²) in [5.41, 5.74) is 5.65. The molecule has 1 fully saturated rings. The highest BCUT2D eigenvalue weighted by atomic mass is 32.2. The van der Waals surface area contributed by atoms with E-state index in [1.807, 2.05) is 36.1 Å². The number of aliphatic carboxylic acids is 2. The van der Waals surface area contributed by atoms with E-state index in [0.29, 0.717) is 17.1 Å². The number of carboxylic acids is 2. The largest absolute Gasteiger partial charge is 0.543 e. The van der Waals surface area contributed by atoms with Crippen LogP contribution in [0.15, 0.2) is 51.2 Å². The molecule has 1 saturated heterocycles. The SMILES string of the molecule is C[C@H](O/N=C(/C(=O)N[C@H]1C(=O)N2C(C(=O)[O-])=C(CSc3cc[n+](C)cc3)CS[C@@H]12)c1csc(N)n1)C(=O)O. The lowest BCUT2D eigenvalue weighted by Crippen LogP contribution is -2.71. The van der Waals surface area contributed by atoms with Gasteiger partial charge in [0, 0.05) is 33.9 Å². The molecular weight excluding hydrogens is 556 g/mol. The summed E-state index contributed by atoms with van der Waals surface area (Å²) in [6.45, 7) is 1.23. The first kappa shape index (κ1) is 27.4. The van der Waals surface area contributed by atoms with Crippen molar-refractivity contribution >= 4 is 69.5 Å². The van der Waals surface area contributed by atoms with Crippen molar-refractivity contribution in [2.75, 3.05) is 17.2 Å². The Balaban J connectivity index is 1.50. The number of thiazole rings is 1. The number of oxime groups is 1. The molecule has 2 aliphatic rings. The summed E-state index contributed by atoms with van der Waals surface area (Å²) in [5.74, 6) is -3.59. The van der Waals surface area contributed by atoms with E-state index < -0.39 is 41.3 Å². The van der Waals surface area contributed by atoms with E-state index in [4.69, 9.17) is 15.7 Å². The Kier molecular flexibility index (Phi) is 8.23. The summed E-state index contributed by atoms with van der Waals surface area (Å²) in [6.07, 6.45) is 2.40. The van der Waals surface area contributed by atoms with Gasteiger partial charge in [0.15, 0.2) is 23.2 Å². The van der Waals surface area contributed by atoms with Gasteiger partial charge >= 0.3 is 5.97 Å². The molecule has 0 aliphatic carbocycles. The second-order valence-electron chi connectivity index (χ2n) is 8.19. The highest BCUT2D eigenvalue weighted by molar-refractivity contribution is 8.01. The van der Waals surface area contributed by atoms with Crippen LogP contribution in [0.5, 0.6) is 0 Å². The number of nitrogen functional groups attached to an aromatic ring is 1. The lowest BCUT2D eigenvalue weighted by Gasteiger charge is -2.50. The van der Waals surface area contributed by atoms with Crippen LogP contribution in [-0.4, -0.2) is 73.5 Å². The summed E-state index contributed by atoms with van der Waals surface area (Å²) in [4.78, 5) is 60.1. The van der Waals surface area contributed by atoms with Crippen LogP contribution >= 0.6 is 34.9 Å². The highest BCUT2D eigenvalue weighted by Gasteiger charge is 2.53. The van der Waals surface area contributed by atoms with E-state index in [0.717, 1.165) is 21.1 Å². The number of pyridine rings is 1. The minimum atomic E-state index is -1.47. The number of carbonyl (C=O) groups excluding carboxylic acids is 3. The van der Waals surface area contributed by atoms with Crippen molar-refractivity contribution in [3.8, 4) is 0 Å². The van der Waals surface area contributed by atoms with Crippen LogP contribution in [0.1, 0.15) is 12.6 Å². The smallest absolute Gasteiger partial charge is 0.347 e. The third kappa shape index (κ3) is 5.76. The maximum Gasteiger partial charge on any atom is 0.347 e. The average molecular weight is 579 g/mol. The topological polar surface area (TPSA) is 191 Å². The fraction of sp³-hybridized carbons (Fsp3) is 0.318. The van der Waals surface area contributed by atoms with Gasteiger partial charge in [0.25, 0.3) is 11.8 Å². The quantitative estimate of drug-likeness (QED) is 0.102. The lowest BCUT2D eigenvalue weighted by molar-refractivity contribution is -0.671. The molecule has 200 valence electrons. The zero-order chi connectivity index (χ0) is 27.6. The Morgan fingerprint density at radius 3 is 2.74 bits per heavy atom. The molecule has 0 bridgehead atoms. The van der Waals surface area contributed by atoms with Gasteiger partial charge in [0.05, 0.1) is 11.7 Å². The van der Waals surface area contributed by atoms with Crippen molar-refractivity contribution < 1.29 is 38.8 Å². The molecule has 0 aromatic carbocycles. The second-order valence-corrected chi connectivity index (χ2v) is 11.2. The van der Waals surface area contributed by atoms with Crippen molar-refractivity contribution in [2.24, 2.45) is 12.2 Å². The molecule has 38 heavy (non-hydrogen) atoms. The van der Waals surface area contributed by atoms with Crippen molar-refractivity contribution in [1.82, 2.24) is 15.2 Å². The van der Waals surface area contributed by atoms with Gasteiger partial charge in [-0.05, 0) is 12.5 Å². The predicted molar refractivity (Wildman–Crippen MR) is 137 cm³/mol. The Labute approximate surface area is 228 Å². The molecule has 4 rings (SSSR count). The first-order valence-electron chi connectivity index (χ1n) is 11.0. The normalized spacial score (nSPS) is 19.9. The Morgan fingerprint density at radius 2 is 2.13 bits per heavy atom. The number of hydrogen-bond acceptors (Lipinski definition) is 12. The number of fused-ring (bicyclic) bond motifs is 1. The number of β-lactam (4-membered cyclic amide) rings is 1. The van der Waals surface area contributed by atoms with Gasteiger partial charge in [0.1, 0.15) is 24.2 Å². The molecule has 2 aromatic heterocycles. The van der Waals surface area contributed by atoms with Crippen LogP contribution in [0.4, 0.5) is 5.13 Å². The number of carbonyl (C=O) groups is 4. The van der Waals surface area contributed by atoms with Crippen molar-refractivity contribution in [3.05, 3.63) is 46.9 Å². The van der Waals surface area contributed by atoms with Crippen LogP contribution in [0, 0.1) is 0 Å². The minimum absolute atomic E-state index is 0.0339. The van der Waals surface area contributed by atoms with Crippen molar-refractivity contribution in [3.63, 3.8) is 0 Å². The number of nitrogens with zero attached hydrogens (tertiary/aromatic N) is 4. The number of aromatic nitrogens is 2. The molecule has 2 aromatic rings. The number of hydrogen-bond donors (Lipinski definition) is 3. The van der Waals surface area contributed by atoms with Crippen LogP contribution in [0.25, 0.3) is 0 Å². The Bertz CT molecular complexity index is 1340. The number of nitrogens with two attached hydrogens (primary N) is 1. The minimum Gasteiger partial charge on any atom is -0.543 e. The van der Waals surface area contributed by atoms with Crippen LogP contribution < -0.4 is 20.7 Å². The molecule has 0 radical (unpaired) electrons. The molecule has 4 heterocycles. The van der Waals surface area contributed by atoms with Gasteiger partial charge < -0.3 is 30.9 Å².